The number of hydrogen-bond acceptors (Lipinski definition) is 5. The van der Waals surface area contributed by atoms with Crippen LogP contribution in [0.25, 0.3) is 0 Å². The van der Waals surface area contributed by atoms with Gasteiger partial charge in [0.25, 0.3) is 0 Å². The van der Waals surface area contributed by atoms with Crippen molar-refractivity contribution >= 4 is 13.7 Å². The highest BCUT2D eigenvalue weighted by molar-refractivity contribution is 7.47. The summed E-state index contributed by atoms with van der Waals surface area (Å²) in [7, 11) is 1.58. The van der Waals surface area contributed by atoms with Crippen LogP contribution in [0.15, 0.2) is 12.2 Å². The Kier molecular flexibility index (Phi) is 32.6. The molecule has 0 radical (unpaired) electrons. The van der Waals surface area contributed by atoms with Crippen molar-refractivity contribution in [1.29, 1.82) is 0 Å². The molecule has 292 valence electrons. The Balaban J connectivity index is 4.26. The van der Waals surface area contributed by atoms with Crippen LogP contribution in [-0.4, -0.2) is 73.4 Å². The predicted molar refractivity (Wildman–Crippen MR) is 208 cm³/mol. The lowest BCUT2D eigenvalue weighted by molar-refractivity contribution is -0.870. The van der Waals surface area contributed by atoms with Gasteiger partial charge in [0, 0.05) is 6.42 Å². The quantitative estimate of drug-likeness (QED) is 0.0256. The largest absolute Gasteiger partial charge is 0.472 e. The zero-order valence-electron chi connectivity index (χ0n) is 32.9. The second-order valence-corrected chi connectivity index (χ2v) is 16.8. The van der Waals surface area contributed by atoms with E-state index in [2.05, 4.69) is 19.2 Å². The van der Waals surface area contributed by atoms with Crippen molar-refractivity contribution in [3.05, 3.63) is 12.2 Å². The molecule has 49 heavy (non-hydrogen) atoms. The maximum Gasteiger partial charge on any atom is 0.472 e. The molecule has 8 nitrogen and oxygen atoms in total. The number of rotatable bonds is 37. The first kappa shape index (κ1) is 48.2. The molecule has 0 saturated carbocycles. The molecule has 0 fully saturated rings. The van der Waals surface area contributed by atoms with Crippen molar-refractivity contribution in [2.75, 3.05) is 40.9 Å². The van der Waals surface area contributed by atoms with Gasteiger partial charge in [-0.3, -0.25) is 13.8 Å². The number of aliphatic hydroxyl groups excluding tert-OH is 1. The molecular weight excluding hydrogens is 635 g/mol. The lowest BCUT2D eigenvalue weighted by Crippen LogP contribution is -2.45. The number of allylic oxidation sites excluding steroid dienone is 1. The molecule has 0 heterocycles. The number of carbonyl (C=O) groups excluding carboxylic acids is 1. The molecular formula is C40H82N2O6P+. The van der Waals surface area contributed by atoms with Crippen molar-refractivity contribution in [2.24, 2.45) is 0 Å². The van der Waals surface area contributed by atoms with E-state index in [0.717, 1.165) is 38.5 Å². The molecule has 0 aromatic rings. The second kappa shape index (κ2) is 33.1. The number of carbonyl (C=O) groups is 1. The first-order valence-electron chi connectivity index (χ1n) is 20.6. The number of quaternary nitrogens is 1. The van der Waals surface area contributed by atoms with Gasteiger partial charge in [0.2, 0.25) is 5.91 Å². The third-order valence-corrected chi connectivity index (χ3v) is 10.2. The van der Waals surface area contributed by atoms with E-state index >= 15 is 0 Å². The zero-order valence-corrected chi connectivity index (χ0v) is 33.8. The van der Waals surface area contributed by atoms with Crippen LogP contribution in [0.2, 0.25) is 0 Å². The Morgan fingerprint density at radius 1 is 0.673 bits per heavy atom. The standard InChI is InChI=1S/C40H81N2O6P/c1-6-8-10-12-14-16-17-18-19-20-21-22-23-24-25-26-28-30-32-34-40(44)41-38(37-48-49(45,46)47-36-35-42(3,4)5)39(43)33-31-29-27-15-13-11-9-7-2/h31,33,38-39,43H,6-30,32,34-37H2,1-5H3,(H-,41,44,45,46)/p+1/b33-31+. The van der Waals surface area contributed by atoms with Crippen LogP contribution in [0.3, 0.4) is 0 Å². The lowest BCUT2D eigenvalue weighted by Gasteiger charge is -2.25. The molecule has 0 spiro atoms. The van der Waals surface area contributed by atoms with Crippen molar-refractivity contribution in [2.45, 2.75) is 199 Å². The SMILES string of the molecule is CCCCCCCC/C=C/C(O)C(COP(=O)(O)OCC[N+](C)(C)C)NC(=O)CCCCCCCCCCCCCCCCCCCCC. The van der Waals surface area contributed by atoms with Gasteiger partial charge in [0.1, 0.15) is 13.2 Å². The van der Waals surface area contributed by atoms with Gasteiger partial charge in [-0.05, 0) is 19.3 Å². The first-order valence-corrected chi connectivity index (χ1v) is 22.1. The molecule has 1 amide bonds. The molecule has 0 aliphatic heterocycles. The van der Waals surface area contributed by atoms with E-state index < -0.39 is 20.0 Å². The molecule has 0 saturated heterocycles. The van der Waals surface area contributed by atoms with Crippen molar-refractivity contribution in [1.82, 2.24) is 5.32 Å². The fourth-order valence-electron chi connectivity index (χ4n) is 5.92. The van der Waals surface area contributed by atoms with Gasteiger partial charge in [-0.25, -0.2) is 4.57 Å². The van der Waals surface area contributed by atoms with Crippen molar-refractivity contribution in [3.63, 3.8) is 0 Å². The van der Waals surface area contributed by atoms with Crippen LogP contribution >= 0.6 is 7.82 Å². The summed E-state index contributed by atoms with van der Waals surface area (Å²) in [5.74, 6) is -0.178. The average Bonchev–Trinajstić information content (AvgIpc) is 3.04. The molecule has 3 atom stereocenters. The number of unbranched alkanes of at least 4 members (excludes halogenated alkanes) is 24. The maximum atomic E-state index is 12.8. The summed E-state index contributed by atoms with van der Waals surface area (Å²) in [6, 6.07) is -0.837. The topological polar surface area (TPSA) is 105 Å². The molecule has 3 N–H and O–H groups in total. The second-order valence-electron chi connectivity index (χ2n) is 15.4. The van der Waals surface area contributed by atoms with Gasteiger partial charge < -0.3 is 19.8 Å². The fourth-order valence-corrected chi connectivity index (χ4v) is 6.66. The zero-order chi connectivity index (χ0) is 36.5. The molecule has 0 aromatic heterocycles. The maximum absolute atomic E-state index is 12.8. The fraction of sp³-hybridized carbons (Fsp3) is 0.925. The Morgan fingerprint density at radius 3 is 1.51 bits per heavy atom. The lowest BCUT2D eigenvalue weighted by atomic mass is 10.0. The summed E-state index contributed by atoms with van der Waals surface area (Å²) < 4.78 is 23.4. The number of amides is 1. The van der Waals surface area contributed by atoms with Gasteiger partial charge in [0.15, 0.2) is 0 Å². The third kappa shape index (κ3) is 35.4. The average molecular weight is 718 g/mol. The van der Waals surface area contributed by atoms with Crippen molar-refractivity contribution < 1.29 is 32.9 Å². The Morgan fingerprint density at radius 2 is 1.08 bits per heavy atom. The molecule has 0 aliphatic carbocycles. The molecule has 0 rings (SSSR count). The number of likely N-dealkylation sites (N-methyl/N-ethyl adjacent to an activating group) is 1. The number of aliphatic hydroxyl groups is 1. The molecule has 3 unspecified atom stereocenters. The van der Waals surface area contributed by atoms with E-state index in [1.807, 2.05) is 27.2 Å². The van der Waals surface area contributed by atoms with Crippen LogP contribution in [0, 0.1) is 0 Å². The summed E-state index contributed by atoms with van der Waals surface area (Å²) in [5.41, 5.74) is 0. The summed E-state index contributed by atoms with van der Waals surface area (Å²) in [5, 5.41) is 13.7. The summed E-state index contributed by atoms with van der Waals surface area (Å²) in [6.07, 6.45) is 35.7. The van der Waals surface area contributed by atoms with E-state index in [9.17, 15) is 19.4 Å². The van der Waals surface area contributed by atoms with Gasteiger partial charge in [-0.15, -0.1) is 0 Å². The van der Waals surface area contributed by atoms with Crippen LogP contribution in [-0.2, 0) is 18.4 Å². The van der Waals surface area contributed by atoms with E-state index in [4.69, 9.17) is 9.05 Å². The number of phosphoric acid groups is 1. The number of hydrogen-bond donors (Lipinski definition) is 3. The Hall–Kier alpha value is -0.760. The highest BCUT2D eigenvalue weighted by atomic mass is 31.2. The molecule has 9 heteroatoms. The predicted octanol–water partition coefficient (Wildman–Crippen LogP) is 10.8. The van der Waals surface area contributed by atoms with Crippen LogP contribution in [0.4, 0.5) is 0 Å². The molecule has 0 aliphatic rings. The van der Waals surface area contributed by atoms with Gasteiger partial charge >= 0.3 is 7.82 Å². The van der Waals surface area contributed by atoms with E-state index in [-0.39, 0.29) is 19.1 Å². The minimum absolute atomic E-state index is 0.0639. The van der Waals surface area contributed by atoms with Crippen LogP contribution < -0.4 is 5.32 Å². The van der Waals surface area contributed by atoms with E-state index in [0.29, 0.717) is 17.4 Å². The minimum Gasteiger partial charge on any atom is -0.387 e. The number of phosphoric ester groups is 1. The van der Waals surface area contributed by atoms with Gasteiger partial charge in [-0.1, -0.05) is 174 Å². The van der Waals surface area contributed by atoms with Gasteiger partial charge in [0.05, 0.1) is 39.9 Å². The van der Waals surface area contributed by atoms with Crippen LogP contribution in [0.5, 0.6) is 0 Å². The van der Waals surface area contributed by atoms with Crippen LogP contribution in [0.1, 0.15) is 187 Å². The Labute approximate surface area is 303 Å². The summed E-state index contributed by atoms with van der Waals surface area (Å²) in [6.45, 7) is 4.77. The summed E-state index contributed by atoms with van der Waals surface area (Å²) in [4.78, 5) is 23.0. The highest BCUT2D eigenvalue weighted by Crippen LogP contribution is 2.43. The normalized spacial score (nSPS) is 14.7. The number of nitrogens with zero attached hydrogens (tertiary/aromatic N) is 1. The summed E-state index contributed by atoms with van der Waals surface area (Å²) >= 11 is 0. The van der Waals surface area contributed by atoms with Gasteiger partial charge in [-0.2, -0.15) is 0 Å². The monoisotopic (exact) mass is 718 g/mol. The highest BCUT2D eigenvalue weighted by Gasteiger charge is 2.27. The first-order chi connectivity index (χ1) is 23.5. The minimum atomic E-state index is -4.32. The number of nitrogens with one attached hydrogen (secondary N) is 1. The smallest absolute Gasteiger partial charge is 0.387 e. The van der Waals surface area contributed by atoms with E-state index in [1.165, 1.54) is 128 Å². The van der Waals surface area contributed by atoms with Crippen molar-refractivity contribution in [3.8, 4) is 0 Å². The molecule has 0 bridgehead atoms. The van der Waals surface area contributed by atoms with E-state index in [1.54, 1.807) is 6.08 Å². The third-order valence-electron chi connectivity index (χ3n) is 9.26. The molecule has 0 aromatic carbocycles. The Bertz CT molecular complexity index is 819.